The van der Waals surface area contributed by atoms with Gasteiger partial charge >= 0.3 is 0 Å². The predicted octanol–water partition coefficient (Wildman–Crippen LogP) is 2.74. The van der Waals surface area contributed by atoms with Gasteiger partial charge in [-0.05, 0) is 32.8 Å². The summed E-state index contributed by atoms with van der Waals surface area (Å²) in [4.78, 5) is 40.3. The van der Waals surface area contributed by atoms with E-state index in [0.29, 0.717) is 18.6 Å². The van der Waals surface area contributed by atoms with Gasteiger partial charge in [-0.2, -0.15) is 0 Å². The maximum Gasteiger partial charge on any atom is 0.292 e. The molecule has 0 radical (unpaired) electrons. The molecule has 1 fully saturated rings. The van der Waals surface area contributed by atoms with Crippen molar-refractivity contribution in [3.63, 3.8) is 0 Å². The number of nitrogens with one attached hydrogen (secondary N) is 1. The van der Waals surface area contributed by atoms with Crippen molar-refractivity contribution in [1.82, 2.24) is 14.8 Å². The molecule has 1 aliphatic heterocycles. The lowest BCUT2D eigenvalue weighted by atomic mass is 10.1. The number of hydrogen-bond acceptors (Lipinski definition) is 5. The fourth-order valence-corrected chi connectivity index (χ4v) is 4.04. The highest BCUT2D eigenvalue weighted by Gasteiger charge is 2.24. The van der Waals surface area contributed by atoms with Crippen molar-refractivity contribution in [3.05, 3.63) is 36.0 Å². The van der Waals surface area contributed by atoms with Gasteiger partial charge in [0.05, 0.1) is 12.1 Å². The Labute approximate surface area is 188 Å². The second-order valence-electron chi connectivity index (χ2n) is 7.86. The third-order valence-corrected chi connectivity index (χ3v) is 5.64. The molecule has 1 aliphatic rings. The molecular weight excluding hydrogens is 410 g/mol. The Kier molecular flexibility index (Phi) is 8.81. The number of hydrogen-bond donors (Lipinski definition) is 1. The summed E-state index contributed by atoms with van der Waals surface area (Å²) in [5.41, 5.74) is 1.04. The number of rotatable bonds is 10. The van der Waals surface area contributed by atoms with E-state index in [9.17, 15) is 14.4 Å². The summed E-state index contributed by atoms with van der Waals surface area (Å²) in [5.74, 6) is -1.34. The van der Waals surface area contributed by atoms with E-state index in [2.05, 4.69) is 5.32 Å². The molecule has 174 valence electrons. The Balaban J connectivity index is 1.74. The van der Waals surface area contributed by atoms with E-state index in [1.165, 1.54) is 0 Å². The first-order chi connectivity index (χ1) is 15.5. The minimum absolute atomic E-state index is 0.0346. The van der Waals surface area contributed by atoms with Crippen LogP contribution in [0.1, 0.15) is 49.9 Å². The van der Waals surface area contributed by atoms with Crippen molar-refractivity contribution in [2.24, 2.45) is 0 Å². The number of aromatic nitrogens is 1. The summed E-state index contributed by atoms with van der Waals surface area (Å²) in [5, 5.41) is 3.26. The number of ketones is 1. The van der Waals surface area contributed by atoms with Gasteiger partial charge in [0.2, 0.25) is 5.91 Å². The number of ether oxygens (including phenoxy) is 2. The van der Waals surface area contributed by atoms with Crippen molar-refractivity contribution >= 4 is 28.5 Å². The molecule has 32 heavy (non-hydrogen) atoms. The van der Waals surface area contributed by atoms with Crippen molar-refractivity contribution in [2.75, 3.05) is 32.8 Å². The van der Waals surface area contributed by atoms with Gasteiger partial charge in [-0.1, -0.05) is 31.0 Å². The van der Waals surface area contributed by atoms with Gasteiger partial charge in [-0.25, -0.2) is 0 Å². The molecule has 0 aliphatic carbocycles. The third-order valence-electron chi connectivity index (χ3n) is 5.64. The zero-order valence-corrected chi connectivity index (χ0v) is 19.0. The maximum absolute atomic E-state index is 12.9. The Bertz CT molecular complexity index is 925. The summed E-state index contributed by atoms with van der Waals surface area (Å²) in [6.07, 6.45) is 5.35. The quantitative estimate of drug-likeness (QED) is 0.346. The van der Waals surface area contributed by atoms with Gasteiger partial charge in [0.25, 0.3) is 11.7 Å². The second kappa shape index (κ2) is 11.8. The zero-order valence-electron chi connectivity index (χ0n) is 19.0. The van der Waals surface area contributed by atoms with Gasteiger partial charge in [0, 0.05) is 43.4 Å². The van der Waals surface area contributed by atoms with Crippen LogP contribution >= 0.6 is 0 Å². The zero-order chi connectivity index (χ0) is 22.9. The van der Waals surface area contributed by atoms with Crippen molar-refractivity contribution < 1.29 is 23.9 Å². The van der Waals surface area contributed by atoms with E-state index in [4.69, 9.17) is 9.47 Å². The number of carbonyl (C=O) groups excluding carboxylic acids is 3. The highest BCUT2D eigenvalue weighted by molar-refractivity contribution is 6.45. The van der Waals surface area contributed by atoms with Crippen LogP contribution in [0, 0.1) is 0 Å². The van der Waals surface area contributed by atoms with E-state index in [-0.39, 0.29) is 24.6 Å². The highest BCUT2D eigenvalue weighted by Crippen LogP contribution is 2.22. The minimum Gasteiger partial charge on any atom is -0.351 e. The molecule has 2 heterocycles. The fraction of sp³-hybridized carbons (Fsp3) is 0.542. The van der Waals surface area contributed by atoms with Crippen LogP contribution in [-0.4, -0.2) is 66.2 Å². The van der Waals surface area contributed by atoms with Crippen molar-refractivity contribution in [3.8, 4) is 0 Å². The highest BCUT2D eigenvalue weighted by atomic mass is 16.7. The Morgan fingerprint density at radius 3 is 2.31 bits per heavy atom. The number of benzene rings is 1. The first-order valence-electron chi connectivity index (χ1n) is 11.5. The third kappa shape index (κ3) is 5.95. The number of carbonyl (C=O) groups is 3. The summed E-state index contributed by atoms with van der Waals surface area (Å²) < 4.78 is 12.6. The lowest BCUT2D eigenvalue weighted by molar-refractivity contribution is -0.138. The number of Topliss-reactive ketones (excluding diaryl/α,β-unsaturated/α-hetero) is 1. The summed E-state index contributed by atoms with van der Waals surface area (Å²) in [6.45, 7) is 6.31. The molecule has 8 heteroatoms. The van der Waals surface area contributed by atoms with E-state index in [1.54, 1.807) is 16.8 Å². The molecule has 0 spiro atoms. The van der Waals surface area contributed by atoms with Gasteiger partial charge in [0.1, 0.15) is 6.54 Å². The van der Waals surface area contributed by atoms with Gasteiger partial charge in [-0.15, -0.1) is 0 Å². The Hall–Kier alpha value is -2.71. The van der Waals surface area contributed by atoms with Crippen LogP contribution in [0.5, 0.6) is 0 Å². The van der Waals surface area contributed by atoms with Crippen LogP contribution in [0.3, 0.4) is 0 Å². The van der Waals surface area contributed by atoms with Crippen LogP contribution < -0.4 is 5.32 Å². The molecule has 2 amide bonds. The second-order valence-corrected chi connectivity index (χ2v) is 7.86. The van der Waals surface area contributed by atoms with E-state index in [0.717, 1.165) is 44.3 Å². The summed E-state index contributed by atoms with van der Waals surface area (Å²) in [7, 11) is 0. The average molecular weight is 444 g/mol. The van der Waals surface area contributed by atoms with Gasteiger partial charge in [-0.3, -0.25) is 14.4 Å². The van der Waals surface area contributed by atoms with Crippen LogP contribution in [0.4, 0.5) is 0 Å². The van der Waals surface area contributed by atoms with E-state index >= 15 is 0 Å². The normalized spacial score (nSPS) is 14.5. The molecule has 8 nitrogen and oxygen atoms in total. The molecule has 2 aromatic rings. The number of nitrogens with zero attached hydrogens (tertiary/aromatic N) is 2. The van der Waals surface area contributed by atoms with Gasteiger partial charge in [0.15, 0.2) is 6.29 Å². The average Bonchev–Trinajstić information content (AvgIpc) is 2.96. The van der Waals surface area contributed by atoms with Crippen LogP contribution in [-0.2, 0) is 25.6 Å². The van der Waals surface area contributed by atoms with Gasteiger partial charge < -0.3 is 24.3 Å². The molecule has 0 unspecified atom stereocenters. The first kappa shape index (κ1) is 23.9. The molecule has 0 saturated carbocycles. The first-order valence-corrected chi connectivity index (χ1v) is 11.5. The molecule has 1 saturated heterocycles. The summed E-state index contributed by atoms with van der Waals surface area (Å²) >= 11 is 0. The molecule has 1 aromatic heterocycles. The maximum atomic E-state index is 12.9. The molecule has 1 N–H and O–H groups in total. The van der Waals surface area contributed by atoms with Crippen LogP contribution in [0.25, 0.3) is 10.9 Å². The number of amides is 2. The van der Waals surface area contributed by atoms with Crippen molar-refractivity contribution in [1.29, 1.82) is 0 Å². The Morgan fingerprint density at radius 1 is 1.00 bits per heavy atom. The minimum atomic E-state index is -0.726. The molecule has 0 atom stereocenters. The SMILES string of the molecule is CCOC(CNC(=O)C(=O)c1cn(CC(=O)N2CCCCCC2)c2ccccc12)OCC. The lowest BCUT2D eigenvalue weighted by Crippen LogP contribution is -2.39. The standard InChI is InChI=1S/C24H33N3O5/c1-3-31-22(32-4-2)15-25-24(30)23(29)19-16-27(20-12-8-7-11-18(19)20)17-21(28)26-13-9-5-6-10-14-26/h7-8,11-12,16,22H,3-6,9-10,13-15,17H2,1-2H3,(H,25,30). The molecule has 0 bridgehead atoms. The monoisotopic (exact) mass is 443 g/mol. The number of fused-ring (bicyclic) bond motifs is 1. The Morgan fingerprint density at radius 2 is 1.66 bits per heavy atom. The van der Waals surface area contributed by atoms with Crippen LogP contribution in [0.2, 0.25) is 0 Å². The molecular formula is C24H33N3O5. The van der Waals surface area contributed by atoms with E-state index < -0.39 is 18.0 Å². The molecule has 1 aromatic carbocycles. The number of likely N-dealkylation sites (tertiary alicyclic amines) is 1. The van der Waals surface area contributed by atoms with Crippen molar-refractivity contribution in [2.45, 2.75) is 52.4 Å². The van der Waals surface area contributed by atoms with E-state index in [1.807, 2.05) is 36.9 Å². The predicted molar refractivity (Wildman–Crippen MR) is 121 cm³/mol. The molecule has 3 rings (SSSR count). The topological polar surface area (TPSA) is 89.9 Å². The van der Waals surface area contributed by atoms with Crippen LogP contribution in [0.15, 0.2) is 30.5 Å². The number of para-hydroxylation sites is 1. The largest absolute Gasteiger partial charge is 0.351 e. The fourth-order valence-electron chi connectivity index (χ4n) is 4.04. The smallest absolute Gasteiger partial charge is 0.292 e. The lowest BCUT2D eigenvalue weighted by Gasteiger charge is -2.20. The summed E-state index contributed by atoms with van der Waals surface area (Å²) in [6, 6.07) is 7.34.